The minimum atomic E-state index is -0.469. The van der Waals surface area contributed by atoms with E-state index in [1.54, 1.807) is 14.1 Å². The van der Waals surface area contributed by atoms with E-state index in [-0.39, 0.29) is 11.9 Å². The number of carbonyl (C=O) groups is 1. The molecule has 5 heteroatoms. The summed E-state index contributed by atoms with van der Waals surface area (Å²) in [5.74, 6) is 5.49. The van der Waals surface area contributed by atoms with Crippen molar-refractivity contribution in [2.45, 2.75) is 18.6 Å². The van der Waals surface area contributed by atoms with Crippen molar-refractivity contribution in [2.75, 3.05) is 20.6 Å². The molecular formula is C7H15N3O2. The van der Waals surface area contributed by atoms with Gasteiger partial charge in [0.25, 0.3) is 0 Å². The van der Waals surface area contributed by atoms with Crippen LogP contribution in [0.5, 0.6) is 0 Å². The number of hydrogen-bond donors (Lipinski definition) is 2. The van der Waals surface area contributed by atoms with Gasteiger partial charge in [0, 0.05) is 27.1 Å². The highest BCUT2D eigenvalue weighted by molar-refractivity contribution is 5.81. The van der Waals surface area contributed by atoms with Gasteiger partial charge in [-0.2, -0.15) is 0 Å². The Balaban J connectivity index is 2.58. The van der Waals surface area contributed by atoms with Gasteiger partial charge in [0.2, 0.25) is 5.91 Å². The molecule has 0 radical (unpaired) electrons. The van der Waals surface area contributed by atoms with Crippen LogP contribution in [0.3, 0.4) is 0 Å². The average Bonchev–Trinajstić information content (AvgIpc) is 2.28. The Labute approximate surface area is 71.7 Å². The molecule has 2 atom stereocenters. The number of aliphatic hydroxyl groups is 1. The zero-order valence-corrected chi connectivity index (χ0v) is 7.40. The van der Waals surface area contributed by atoms with Gasteiger partial charge in [0.15, 0.2) is 0 Å². The van der Waals surface area contributed by atoms with E-state index in [9.17, 15) is 9.90 Å². The number of rotatable bonds is 1. The number of carbonyl (C=O) groups excluding carboxylic acids is 1. The summed E-state index contributed by atoms with van der Waals surface area (Å²) < 4.78 is 0. The number of likely N-dealkylation sites (N-methyl/N-ethyl adjacent to an activating group) is 1. The molecule has 1 heterocycles. The lowest BCUT2D eigenvalue weighted by Gasteiger charge is -2.21. The lowest BCUT2D eigenvalue weighted by molar-refractivity contribution is -0.133. The third-order valence-electron chi connectivity index (χ3n) is 2.04. The predicted octanol–water partition coefficient (Wildman–Crippen LogP) is -1.62. The van der Waals surface area contributed by atoms with Gasteiger partial charge in [-0.1, -0.05) is 0 Å². The van der Waals surface area contributed by atoms with Crippen LogP contribution in [0.2, 0.25) is 0 Å². The van der Waals surface area contributed by atoms with Crippen LogP contribution in [0, 0.1) is 0 Å². The average molecular weight is 173 g/mol. The first-order valence-corrected chi connectivity index (χ1v) is 3.93. The molecule has 1 saturated heterocycles. The Morgan fingerprint density at radius 3 is 2.58 bits per heavy atom. The van der Waals surface area contributed by atoms with Crippen molar-refractivity contribution >= 4 is 5.91 Å². The number of hydrogen-bond acceptors (Lipinski definition) is 4. The van der Waals surface area contributed by atoms with Gasteiger partial charge in [0.05, 0.1) is 6.10 Å². The fourth-order valence-electron chi connectivity index (χ4n) is 1.38. The number of hydrazine groups is 1. The number of nitrogens with two attached hydrogens (primary N) is 1. The molecule has 1 fully saturated rings. The molecule has 0 aromatic heterocycles. The van der Waals surface area contributed by atoms with Crippen molar-refractivity contribution in [3.05, 3.63) is 0 Å². The van der Waals surface area contributed by atoms with E-state index >= 15 is 0 Å². The second-order valence-electron chi connectivity index (χ2n) is 3.33. The van der Waals surface area contributed by atoms with Crippen LogP contribution in [0.25, 0.3) is 0 Å². The number of β-amino-alcohol motifs (C(OH)–C–C–N with tert-alkyl or cyclic N) is 1. The van der Waals surface area contributed by atoms with Crippen LogP contribution in [-0.2, 0) is 4.79 Å². The van der Waals surface area contributed by atoms with Gasteiger partial charge in [-0.15, -0.1) is 0 Å². The van der Waals surface area contributed by atoms with Crippen LogP contribution in [0.4, 0.5) is 0 Å². The van der Waals surface area contributed by atoms with Crippen molar-refractivity contribution < 1.29 is 9.90 Å². The third kappa shape index (κ3) is 1.74. The maximum absolute atomic E-state index is 11.4. The largest absolute Gasteiger partial charge is 0.392 e. The van der Waals surface area contributed by atoms with Crippen molar-refractivity contribution in [3.8, 4) is 0 Å². The fourth-order valence-corrected chi connectivity index (χ4v) is 1.38. The highest BCUT2D eigenvalue weighted by Gasteiger charge is 2.34. The Bertz CT molecular complexity index is 183. The zero-order chi connectivity index (χ0) is 9.30. The maximum atomic E-state index is 11.4. The molecule has 1 rings (SSSR count). The summed E-state index contributed by atoms with van der Waals surface area (Å²) in [7, 11) is 3.36. The van der Waals surface area contributed by atoms with E-state index < -0.39 is 6.10 Å². The van der Waals surface area contributed by atoms with Crippen molar-refractivity contribution in [2.24, 2.45) is 5.84 Å². The molecule has 12 heavy (non-hydrogen) atoms. The maximum Gasteiger partial charge on any atom is 0.240 e. The molecule has 5 nitrogen and oxygen atoms in total. The zero-order valence-electron chi connectivity index (χ0n) is 7.40. The normalized spacial score (nSPS) is 30.7. The van der Waals surface area contributed by atoms with Crippen LogP contribution < -0.4 is 5.84 Å². The molecule has 1 aliphatic heterocycles. The first kappa shape index (κ1) is 9.44. The van der Waals surface area contributed by atoms with E-state index in [1.807, 2.05) is 0 Å². The standard InChI is InChI=1S/C7H15N3O2/c1-9(2)7(12)6-3-5(11)4-10(6)8/h5-6,11H,3-4,8H2,1-2H3/t5-,6+/m1/s1. The second-order valence-corrected chi connectivity index (χ2v) is 3.33. The smallest absolute Gasteiger partial charge is 0.240 e. The van der Waals surface area contributed by atoms with Gasteiger partial charge in [-0.3, -0.25) is 10.6 Å². The third-order valence-corrected chi connectivity index (χ3v) is 2.04. The highest BCUT2D eigenvalue weighted by Crippen LogP contribution is 2.15. The molecule has 0 unspecified atom stereocenters. The summed E-state index contributed by atoms with van der Waals surface area (Å²) in [5, 5.41) is 10.6. The van der Waals surface area contributed by atoms with E-state index in [0.717, 1.165) is 0 Å². The quantitative estimate of drug-likeness (QED) is 0.468. The minimum Gasteiger partial charge on any atom is -0.392 e. The molecule has 0 aliphatic carbocycles. The summed E-state index contributed by atoms with van der Waals surface area (Å²) in [4.78, 5) is 12.9. The van der Waals surface area contributed by atoms with E-state index in [4.69, 9.17) is 5.84 Å². The van der Waals surface area contributed by atoms with Crippen LogP contribution in [0.15, 0.2) is 0 Å². The molecule has 1 aliphatic rings. The summed E-state index contributed by atoms with van der Waals surface area (Å²) in [5.41, 5.74) is 0. The molecular weight excluding hydrogens is 158 g/mol. The Kier molecular flexibility index (Phi) is 2.66. The molecule has 0 saturated carbocycles. The van der Waals surface area contributed by atoms with Crippen LogP contribution in [0.1, 0.15) is 6.42 Å². The number of aliphatic hydroxyl groups excluding tert-OH is 1. The Morgan fingerprint density at radius 2 is 2.25 bits per heavy atom. The topological polar surface area (TPSA) is 69.8 Å². The van der Waals surface area contributed by atoms with Gasteiger partial charge in [-0.25, -0.2) is 5.01 Å². The summed E-state index contributed by atoms with van der Waals surface area (Å²) in [6, 6.07) is -0.352. The van der Waals surface area contributed by atoms with Crippen molar-refractivity contribution in [1.29, 1.82) is 0 Å². The van der Waals surface area contributed by atoms with Crippen LogP contribution >= 0.6 is 0 Å². The highest BCUT2D eigenvalue weighted by atomic mass is 16.3. The molecule has 70 valence electrons. The van der Waals surface area contributed by atoms with Crippen molar-refractivity contribution in [3.63, 3.8) is 0 Å². The summed E-state index contributed by atoms with van der Waals surface area (Å²) in [6.45, 7) is 0.379. The Morgan fingerprint density at radius 1 is 1.67 bits per heavy atom. The molecule has 0 spiro atoms. The SMILES string of the molecule is CN(C)C(=O)[C@@H]1C[C@@H](O)CN1N. The monoisotopic (exact) mass is 173 g/mol. The molecule has 0 bridgehead atoms. The number of amides is 1. The van der Waals surface area contributed by atoms with Crippen molar-refractivity contribution in [1.82, 2.24) is 9.91 Å². The predicted molar refractivity (Wildman–Crippen MR) is 44.0 cm³/mol. The second kappa shape index (κ2) is 3.38. The summed E-state index contributed by atoms with van der Waals surface area (Å²) >= 11 is 0. The molecule has 3 N–H and O–H groups in total. The van der Waals surface area contributed by atoms with Gasteiger partial charge < -0.3 is 10.0 Å². The lowest BCUT2D eigenvalue weighted by atomic mass is 10.2. The van der Waals surface area contributed by atoms with Gasteiger partial charge in [0.1, 0.15) is 6.04 Å². The van der Waals surface area contributed by atoms with Gasteiger partial charge in [-0.05, 0) is 0 Å². The Hall–Kier alpha value is -0.650. The minimum absolute atomic E-state index is 0.0472. The molecule has 0 aromatic rings. The lowest BCUT2D eigenvalue weighted by Crippen LogP contribution is -2.46. The summed E-state index contributed by atoms with van der Waals surface area (Å²) in [6.07, 6.45) is -0.0306. The number of nitrogens with zero attached hydrogens (tertiary/aromatic N) is 2. The van der Waals surface area contributed by atoms with E-state index in [2.05, 4.69) is 0 Å². The molecule has 0 aromatic carbocycles. The van der Waals surface area contributed by atoms with E-state index in [1.165, 1.54) is 9.91 Å². The fraction of sp³-hybridized carbons (Fsp3) is 0.857. The molecule has 1 amide bonds. The van der Waals surface area contributed by atoms with Crippen LogP contribution in [-0.4, -0.2) is 53.7 Å². The van der Waals surface area contributed by atoms with E-state index in [0.29, 0.717) is 13.0 Å². The van der Waals surface area contributed by atoms with Gasteiger partial charge >= 0.3 is 0 Å². The first-order valence-electron chi connectivity index (χ1n) is 3.93. The first-order chi connectivity index (χ1) is 5.52.